The number of aromatic hydroxyl groups is 1. The molecule has 1 fully saturated rings. The van der Waals surface area contributed by atoms with Crippen LogP contribution in [-0.4, -0.2) is 41.0 Å². The summed E-state index contributed by atoms with van der Waals surface area (Å²) in [5.41, 5.74) is 1.71. The molecular weight excluding hydrogens is 388 g/mol. The van der Waals surface area contributed by atoms with Crippen LogP contribution in [0.25, 0.3) is 0 Å². The summed E-state index contributed by atoms with van der Waals surface area (Å²) in [5.74, 6) is 0.570. The van der Waals surface area contributed by atoms with Crippen molar-refractivity contribution in [1.29, 1.82) is 0 Å². The molecule has 2 aromatic carbocycles. The maximum Gasteiger partial charge on any atom is 0.251 e. The predicted octanol–water partition coefficient (Wildman–Crippen LogP) is 4.04. The van der Waals surface area contributed by atoms with Gasteiger partial charge in [0.15, 0.2) is 0 Å². The standard InChI is InChI=1S/C23H27ClN2O3/c1-16(25-22(28)19-6-8-20(24)9-7-19)23(29)26-14-12-18(13-15-26)3-2-17-4-10-21(27)11-5-17/h4-11,16,18,27H,2-3,12-15H2,1H3,(H,25,28). The van der Waals surface area contributed by atoms with Gasteiger partial charge in [0.25, 0.3) is 5.91 Å². The molecule has 3 rings (SSSR count). The number of benzene rings is 2. The van der Waals surface area contributed by atoms with Gasteiger partial charge in [-0.15, -0.1) is 0 Å². The molecule has 1 heterocycles. The normalized spacial score (nSPS) is 15.7. The van der Waals surface area contributed by atoms with Crippen molar-refractivity contribution in [2.24, 2.45) is 5.92 Å². The van der Waals surface area contributed by atoms with Crippen LogP contribution in [0.2, 0.25) is 5.02 Å². The molecule has 0 aromatic heterocycles. The lowest BCUT2D eigenvalue weighted by Crippen LogP contribution is -2.49. The van der Waals surface area contributed by atoms with Gasteiger partial charge in [0, 0.05) is 23.7 Å². The highest BCUT2D eigenvalue weighted by Gasteiger charge is 2.27. The third-order valence-electron chi connectivity index (χ3n) is 5.53. The molecule has 0 aliphatic carbocycles. The van der Waals surface area contributed by atoms with E-state index in [4.69, 9.17) is 11.6 Å². The summed E-state index contributed by atoms with van der Waals surface area (Å²) in [4.78, 5) is 26.9. The Morgan fingerprint density at radius 1 is 1.10 bits per heavy atom. The second kappa shape index (κ2) is 9.79. The lowest BCUT2D eigenvalue weighted by atomic mass is 9.90. The molecule has 6 heteroatoms. The monoisotopic (exact) mass is 414 g/mol. The van der Waals surface area contributed by atoms with Gasteiger partial charge in [-0.3, -0.25) is 9.59 Å². The van der Waals surface area contributed by atoms with Crippen molar-refractivity contribution in [2.75, 3.05) is 13.1 Å². The van der Waals surface area contributed by atoms with E-state index in [2.05, 4.69) is 5.32 Å². The average Bonchev–Trinajstić information content (AvgIpc) is 2.73. The fraction of sp³-hybridized carbons (Fsp3) is 0.391. The van der Waals surface area contributed by atoms with Crippen LogP contribution in [0.3, 0.4) is 0 Å². The maximum absolute atomic E-state index is 12.7. The van der Waals surface area contributed by atoms with Crippen molar-refractivity contribution in [3.63, 3.8) is 0 Å². The van der Waals surface area contributed by atoms with E-state index in [-0.39, 0.29) is 17.6 Å². The largest absolute Gasteiger partial charge is 0.508 e. The van der Waals surface area contributed by atoms with Crippen LogP contribution < -0.4 is 5.32 Å². The zero-order chi connectivity index (χ0) is 20.8. The Morgan fingerprint density at radius 2 is 1.72 bits per heavy atom. The first kappa shape index (κ1) is 21.2. The van der Waals surface area contributed by atoms with Crippen LogP contribution >= 0.6 is 11.6 Å². The average molecular weight is 415 g/mol. The smallest absolute Gasteiger partial charge is 0.251 e. The third kappa shape index (κ3) is 5.97. The van der Waals surface area contributed by atoms with E-state index < -0.39 is 6.04 Å². The molecule has 154 valence electrons. The number of rotatable bonds is 6. The number of halogens is 1. The molecule has 2 amide bonds. The number of nitrogens with zero attached hydrogens (tertiary/aromatic N) is 1. The minimum absolute atomic E-state index is 0.0377. The molecule has 2 N–H and O–H groups in total. The summed E-state index contributed by atoms with van der Waals surface area (Å²) in [6, 6.07) is 13.4. The Labute approximate surface area is 176 Å². The zero-order valence-electron chi connectivity index (χ0n) is 16.6. The van der Waals surface area contributed by atoms with Gasteiger partial charge in [-0.2, -0.15) is 0 Å². The summed E-state index contributed by atoms with van der Waals surface area (Å²) in [7, 11) is 0. The van der Waals surface area contributed by atoms with Crippen LogP contribution in [0.15, 0.2) is 48.5 Å². The van der Waals surface area contributed by atoms with Crippen molar-refractivity contribution in [3.8, 4) is 5.75 Å². The number of aryl methyl sites for hydroxylation is 1. The van der Waals surface area contributed by atoms with Crippen molar-refractivity contribution >= 4 is 23.4 Å². The fourth-order valence-electron chi connectivity index (χ4n) is 3.69. The molecule has 1 atom stereocenters. The predicted molar refractivity (Wildman–Crippen MR) is 114 cm³/mol. The lowest BCUT2D eigenvalue weighted by Gasteiger charge is -2.33. The maximum atomic E-state index is 12.7. The van der Waals surface area contributed by atoms with Gasteiger partial charge in [-0.25, -0.2) is 0 Å². The van der Waals surface area contributed by atoms with E-state index in [9.17, 15) is 14.7 Å². The van der Waals surface area contributed by atoms with Crippen LogP contribution in [-0.2, 0) is 11.2 Å². The van der Waals surface area contributed by atoms with E-state index in [0.717, 1.165) is 38.8 Å². The Hall–Kier alpha value is -2.53. The highest BCUT2D eigenvalue weighted by atomic mass is 35.5. The van der Waals surface area contributed by atoms with Crippen molar-refractivity contribution in [3.05, 3.63) is 64.7 Å². The Kier molecular flexibility index (Phi) is 7.15. The molecule has 0 saturated carbocycles. The fourth-order valence-corrected chi connectivity index (χ4v) is 3.82. The number of carbonyl (C=O) groups excluding carboxylic acids is 2. The Morgan fingerprint density at radius 3 is 2.34 bits per heavy atom. The van der Waals surface area contributed by atoms with Gasteiger partial charge in [0.1, 0.15) is 11.8 Å². The van der Waals surface area contributed by atoms with Crippen molar-refractivity contribution in [2.45, 2.75) is 38.6 Å². The topological polar surface area (TPSA) is 69.6 Å². The molecule has 29 heavy (non-hydrogen) atoms. The lowest BCUT2D eigenvalue weighted by molar-refractivity contribution is -0.134. The van der Waals surface area contributed by atoms with Crippen molar-refractivity contribution < 1.29 is 14.7 Å². The summed E-state index contributed by atoms with van der Waals surface area (Å²) < 4.78 is 0. The molecule has 1 aliphatic heterocycles. The number of piperidine rings is 1. The number of phenolic OH excluding ortho intramolecular Hbond substituents is 1. The number of hydrogen-bond donors (Lipinski definition) is 2. The zero-order valence-corrected chi connectivity index (χ0v) is 17.4. The second-order valence-electron chi connectivity index (χ2n) is 7.68. The molecule has 1 aliphatic rings. The Balaban J connectivity index is 1.43. The van der Waals surface area contributed by atoms with Gasteiger partial charge in [-0.05, 0) is 80.5 Å². The molecule has 2 aromatic rings. The quantitative estimate of drug-likeness (QED) is 0.749. The summed E-state index contributed by atoms with van der Waals surface area (Å²) in [5, 5.41) is 12.7. The van der Waals surface area contributed by atoms with Crippen LogP contribution in [0.5, 0.6) is 5.75 Å². The summed E-state index contributed by atoms with van der Waals surface area (Å²) in [6.07, 6.45) is 4.01. The highest BCUT2D eigenvalue weighted by Crippen LogP contribution is 2.23. The molecule has 0 spiro atoms. The van der Waals surface area contributed by atoms with Gasteiger partial charge in [0.05, 0.1) is 0 Å². The van der Waals surface area contributed by atoms with Gasteiger partial charge in [0.2, 0.25) is 5.91 Å². The van der Waals surface area contributed by atoms with Gasteiger partial charge < -0.3 is 15.3 Å². The molecule has 1 saturated heterocycles. The highest BCUT2D eigenvalue weighted by molar-refractivity contribution is 6.30. The van der Waals surface area contributed by atoms with E-state index in [1.54, 1.807) is 43.3 Å². The number of likely N-dealkylation sites (tertiary alicyclic amines) is 1. The van der Waals surface area contributed by atoms with Gasteiger partial charge in [-0.1, -0.05) is 23.7 Å². The number of carbonyl (C=O) groups is 2. The number of phenols is 1. The second-order valence-corrected chi connectivity index (χ2v) is 8.11. The minimum atomic E-state index is -0.563. The number of amides is 2. The summed E-state index contributed by atoms with van der Waals surface area (Å²) >= 11 is 5.85. The minimum Gasteiger partial charge on any atom is -0.508 e. The van der Waals surface area contributed by atoms with E-state index >= 15 is 0 Å². The molecule has 1 unspecified atom stereocenters. The van der Waals surface area contributed by atoms with Crippen LogP contribution in [0, 0.1) is 5.92 Å². The van der Waals surface area contributed by atoms with Crippen LogP contribution in [0.1, 0.15) is 42.1 Å². The molecule has 0 radical (unpaired) electrons. The van der Waals surface area contributed by atoms with Crippen LogP contribution in [0.4, 0.5) is 0 Å². The first-order chi connectivity index (χ1) is 13.9. The first-order valence-electron chi connectivity index (χ1n) is 10.1. The summed E-state index contributed by atoms with van der Waals surface area (Å²) in [6.45, 7) is 3.17. The van der Waals surface area contributed by atoms with E-state index in [0.29, 0.717) is 16.5 Å². The van der Waals surface area contributed by atoms with E-state index in [1.807, 2.05) is 17.0 Å². The first-order valence-corrected chi connectivity index (χ1v) is 10.4. The van der Waals surface area contributed by atoms with E-state index in [1.165, 1.54) is 5.56 Å². The molecular formula is C23H27ClN2O3. The third-order valence-corrected chi connectivity index (χ3v) is 5.78. The Bertz CT molecular complexity index is 828. The molecule has 0 bridgehead atoms. The number of nitrogens with one attached hydrogen (secondary N) is 1. The SMILES string of the molecule is CC(NC(=O)c1ccc(Cl)cc1)C(=O)N1CCC(CCc2ccc(O)cc2)CC1. The number of hydrogen-bond acceptors (Lipinski definition) is 3. The molecule has 5 nitrogen and oxygen atoms in total. The van der Waals surface area contributed by atoms with Gasteiger partial charge >= 0.3 is 0 Å². The van der Waals surface area contributed by atoms with Crippen molar-refractivity contribution in [1.82, 2.24) is 10.2 Å².